The number of amides is 2. The van der Waals surface area contributed by atoms with Gasteiger partial charge in [-0.25, -0.2) is 0 Å². The Morgan fingerprint density at radius 3 is 2.72 bits per heavy atom. The number of ether oxygens (including phenoxy) is 3. The smallest absolute Gasteiger partial charge is 0.262 e. The van der Waals surface area contributed by atoms with Gasteiger partial charge in [0, 0.05) is 12.1 Å². The van der Waals surface area contributed by atoms with E-state index in [1.54, 1.807) is 30.3 Å². The van der Waals surface area contributed by atoms with Crippen molar-refractivity contribution in [3.8, 4) is 17.2 Å². The summed E-state index contributed by atoms with van der Waals surface area (Å²) in [5.74, 6) is 1.24. The van der Waals surface area contributed by atoms with Gasteiger partial charge in [-0.3, -0.25) is 9.59 Å². The van der Waals surface area contributed by atoms with Crippen molar-refractivity contribution in [2.45, 2.75) is 6.54 Å². The maximum absolute atomic E-state index is 12.3. The summed E-state index contributed by atoms with van der Waals surface area (Å²) in [6.07, 6.45) is 0. The average Bonchev–Trinajstić information content (AvgIpc) is 2.65. The molecule has 0 unspecified atom stereocenters. The Hall–Kier alpha value is -3.22. The van der Waals surface area contributed by atoms with Gasteiger partial charge >= 0.3 is 0 Å². The van der Waals surface area contributed by atoms with Gasteiger partial charge in [0.15, 0.2) is 18.1 Å². The molecule has 0 atom stereocenters. The highest BCUT2D eigenvalue weighted by Crippen LogP contribution is 2.29. The Morgan fingerprint density at radius 1 is 1.16 bits per heavy atom. The summed E-state index contributed by atoms with van der Waals surface area (Å²) in [6, 6.07) is 10.3. The highest BCUT2D eigenvalue weighted by atomic mass is 16.5. The second kappa shape index (κ2) is 7.12. The first kappa shape index (κ1) is 16.6. The molecule has 0 fully saturated rings. The fourth-order valence-corrected chi connectivity index (χ4v) is 2.49. The lowest BCUT2D eigenvalue weighted by Crippen LogP contribution is -2.26. The van der Waals surface area contributed by atoms with E-state index in [1.807, 2.05) is 6.07 Å². The first-order valence-electron chi connectivity index (χ1n) is 7.66. The SMILES string of the molecule is COc1ccc(C(=O)NCc2ccc3c(c2)OCC(=O)N3)cc1OC. The van der Waals surface area contributed by atoms with Gasteiger partial charge in [0.05, 0.1) is 19.9 Å². The van der Waals surface area contributed by atoms with E-state index in [2.05, 4.69) is 10.6 Å². The molecule has 0 spiro atoms. The van der Waals surface area contributed by atoms with Crippen molar-refractivity contribution >= 4 is 17.5 Å². The predicted molar refractivity (Wildman–Crippen MR) is 91.3 cm³/mol. The van der Waals surface area contributed by atoms with E-state index in [0.717, 1.165) is 5.56 Å². The van der Waals surface area contributed by atoms with Crippen LogP contribution in [-0.4, -0.2) is 32.6 Å². The zero-order valence-electron chi connectivity index (χ0n) is 13.9. The molecule has 7 heteroatoms. The number of fused-ring (bicyclic) bond motifs is 1. The van der Waals surface area contributed by atoms with Crippen LogP contribution >= 0.6 is 0 Å². The lowest BCUT2D eigenvalue weighted by molar-refractivity contribution is -0.118. The quantitative estimate of drug-likeness (QED) is 0.868. The zero-order chi connectivity index (χ0) is 17.8. The predicted octanol–water partition coefficient (Wildman–Crippen LogP) is 1.96. The minimum atomic E-state index is -0.229. The van der Waals surface area contributed by atoms with Crippen molar-refractivity contribution in [1.29, 1.82) is 0 Å². The summed E-state index contributed by atoms with van der Waals surface area (Å²) >= 11 is 0. The van der Waals surface area contributed by atoms with Gasteiger partial charge < -0.3 is 24.8 Å². The third-order valence-corrected chi connectivity index (χ3v) is 3.78. The van der Waals surface area contributed by atoms with Crippen molar-refractivity contribution in [1.82, 2.24) is 5.32 Å². The van der Waals surface area contributed by atoms with E-state index < -0.39 is 0 Å². The summed E-state index contributed by atoms with van der Waals surface area (Å²) in [6.45, 7) is 0.326. The van der Waals surface area contributed by atoms with Gasteiger partial charge in [0.1, 0.15) is 5.75 Å². The molecule has 3 rings (SSSR count). The van der Waals surface area contributed by atoms with Gasteiger partial charge in [-0.1, -0.05) is 6.07 Å². The molecule has 7 nitrogen and oxygen atoms in total. The van der Waals surface area contributed by atoms with Crippen molar-refractivity contribution in [3.63, 3.8) is 0 Å². The Morgan fingerprint density at radius 2 is 1.96 bits per heavy atom. The van der Waals surface area contributed by atoms with Gasteiger partial charge in [-0.15, -0.1) is 0 Å². The molecule has 0 bridgehead atoms. The molecule has 1 aliphatic rings. The number of rotatable bonds is 5. The van der Waals surface area contributed by atoms with Crippen molar-refractivity contribution in [2.24, 2.45) is 0 Å². The van der Waals surface area contributed by atoms with E-state index in [4.69, 9.17) is 14.2 Å². The minimum absolute atomic E-state index is 0.00550. The topological polar surface area (TPSA) is 85.9 Å². The summed E-state index contributed by atoms with van der Waals surface area (Å²) < 4.78 is 15.7. The standard InChI is InChI=1S/C18H18N2O5/c1-23-14-6-4-12(8-16(14)24-2)18(22)19-9-11-3-5-13-15(7-11)25-10-17(21)20-13/h3-8H,9-10H2,1-2H3,(H,19,22)(H,20,21). The third-order valence-electron chi connectivity index (χ3n) is 3.78. The number of carbonyl (C=O) groups excluding carboxylic acids is 2. The average molecular weight is 342 g/mol. The van der Waals surface area contributed by atoms with Crippen molar-refractivity contribution in [3.05, 3.63) is 47.5 Å². The molecule has 2 N–H and O–H groups in total. The maximum atomic E-state index is 12.3. The fourth-order valence-electron chi connectivity index (χ4n) is 2.49. The Labute approximate surface area is 144 Å². The zero-order valence-corrected chi connectivity index (χ0v) is 13.9. The molecular weight excluding hydrogens is 324 g/mol. The van der Waals surface area contributed by atoms with Crippen LogP contribution in [0.25, 0.3) is 0 Å². The summed E-state index contributed by atoms with van der Waals surface area (Å²) in [5, 5.41) is 5.57. The van der Waals surface area contributed by atoms with Crippen LogP contribution in [0, 0.1) is 0 Å². The third kappa shape index (κ3) is 3.65. The molecule has 1 heterocycles. The van der Waals surface area contributed by atoms with Crippen molar-refractivity contribution < 1.29 is 23.8 Å². The molecule has 0 radical (unpaired) electrons. The molecule has 0 aliphatic carbocycles. The molecule has 2 aromatic rings. The van der Waals surface area contributed by atoms with E-state index in [0.29, 0.717) is 35.0 Å². The lowest BCUT2D eigenvalue weighted by Gasteiger charge is -2.18. The fraction of sp³-hybridized carbons (Fsp3) is 0.222. The molecule has 1 aliphatic heterocycles. The van der Waals surface area contributed by atoms with Crippen LogP contribution < -0.4 is 24.8 Å². The Kier molecular flexibility index (Phi) is 4.74. The molecule has 130 valence electrons. The van der Waals surface area contributed by atoms with Crippen LogP contribution in [0.4, 0.5) is 5.69 Å². The molecular formula is C18H18N2O5. The molecule has 2 amide bonds. The molecule has 2 aromatic carbocycles. The monoisotopic (exact) mass is 342 g/mol. The van der Waals surface area contributed by atoms with Crippen LogP contribution in [0.3, 0.4) is 0 Å². The number of anilines is 1. The van der Waals surface area contributed by atoms with Crippen LogP contribution in [0.1, 0.15) is 15.9 Å². The highest BCUT2D eigenvalue weighted by Gasteiger charge is 2.16. The van der Waals surface area contributed by atoms with Gasteiger partial charge in [0.2, 0.25) is 0 Å². The molecule has 25 heavy (non-hydrogen) atoms. The number of hydrogen-bond acceptors (Lipinski definition) is 5. The van der Waals surface area contributed by atoms with E-state index >= 15 is 0 Å². The van der Waals surface area contributed by atoms with Crippen molar-refractivity contribution in [2.75, 3.05) is 26.1 Å². The number of nitrogens with one attached hydrogen (secondary N) is 2. The maximum Gasteiger partial charge on any atom is 0.262 e. The van der Waals surface area contributed by atoms with Crippen LogP contribution in [0.5, 0.6) is 17.2 Å². The van der Waals surface area contributed by atoms with E-state index in [-0.39, 0.29) is 18.4 Å². The lowest BCUT2D eigenvalue weighted by atomic mass is 10.1. The molecule has 0 saturated carbocycles. The first-order valence-corrected chi connectivity index (χ1v) is 7.66. The summed E-state index contributed by atoms with van der Waals surface area (Å²) in [7, 11) is 3.06. The molecule has 0 aromatic heterocycles. The van der Waals surface area contributed by atoms with Crippen LogP contribution in [0.15, 0.2) is 36.4 Å². The number of carbonyl (C=O) groups is 2. The first-order chi connectivity index (χ1) is 12.1. The summed E-state index contributed by atoms with van der Waals surface area (Å²) in [4.78, 5) is 23.6. The number of benzene rings is 2. The van der Waals surface area contributed by atoms with Gasteiger partial charge in [-0.05, 0) is 35.9 Å². The number of methoxy groups -OCH3 is 2. The second-order valence-electron chi connectivity index (χ2n) is 5.42. The number of hydrogen-bond donors (Lipinski definition) is 2. The van der Waals surface area contributed by atoms with Gasteiger partial charge in [-0.2, -0.15) is 0 Å². The molecule has 0 saturated heterocycles. The largest absolute Gasteiger partial charge is 0.493 e. The van der Waals surface area contributed by atoms with E-state index in [1.165, 1.54) is 14.2 Å². The minimum Gasteiger partial charge on any atom is -0.493 e. The van der Waals surface area contributed by atoms with Crippen LogP contribution in [0.2, 0.25) is 0 Å². The highest BCUT2D eigenvalue weighted by molar-refractivity contribution is 5.96. The van der Waals surface area contributed by atoms with Gasteiger partial charge in [0.25, 0.3) is 11.8 Å². The normalized spacial score (nSPS) is 12.5. The Balaban J connectivity index is 1.67. The summed E-state index contributed by atoms with van der Waals surface area (Å²) in [5.41, 5.74) is 1.97. The second-order valence-corrected chi connectivity index (χ2v) is 5.42. The van der Waals surface area contributed by atoms with Crippen LogP contribution in [-0.2, 0) is 11.3 Å². The van der Waals surface area contributed by atoms with E-state index in [9.17, 15) is 9.59 Å². The Bertz CT molecular complexity index is 819.